The minimum atomic E-state index is -2.42. The third-order valence-corrected chi connectivity index (χ3v) is 15.4. The molecule has 5 N–H and O–H groups in total. The van der Waals surface area contributed by atoms with Crippen LogP contribution in [0.25, 0.3) is 0 Å². The summed E-state index contributed by atoms with van der Waals surface area (Å²) in [6.07, 6.45) is 2.02. The normalized spacial score (nSPS) is 12.0. The molecule has 0 aromatic rings. The van der Waals surface area contributed by atoms with Crippen LogP contribution in [-0.2, 0) is 26.6 Å². The Kier molecular flexibility index (Phi) is 28.5. The highest BCUT2D eigenvalue weighted by Gasteiger charge is 2.39. The van der Waals surface area contributed by atoms with E-state index in [-0.39, 0.29) is 0 Å². The molecule has 0 heterocycles. The van der Waals surface area contributed by atoms with Gasteiger partial charge in [-0.3, -0.25) is 5.14 Å². The lowest BCUT2D eigenvalue weighted by molar-refractivity contribution is 0.0712. The zero-order valence-corrected chi connectivity index (χ0v) is 25.8. The summed E-state index contributed by atoms with van der Waals surface area (Å²) in [7, 11) is 6.51. The molecule has 0 saturated carbocycles. The van der Waals surface area contributed by atoms with E-state index >= 15 is 0 Å². The molecule has 0 aromatic carbocycles. The number of hydrogen-bond acceptors (Lipinski definition) is 13. The van der Waals surface area contributed by atoms with Gasteiger partial charge < -0.3 is 37.6 Å². The van der Waals surface area contributed by atoms with Gasteiger partial charge in [0.1, 0.15) is 0 Å². The van der Waals surface area contributed by atoms with Crippen LogP contribution in [-0.4, -0.2) is 84.1 Å². The van der Waals surface area contributed by atoms with Gasteiger partial charge in [0.25, 0.3) is 0 Å². The summed E-state index contributed by atoms with van der Waals surface area (Å²) in [5, 5.41) is 8.53. The minimum absolute atomic E-state index is 0.647. The topological polar surface area (TPSA) is 119 Å². The molecule has 0 atom stereocenters. The first kappa shape index (κ1) is 35.6. The third-order valence-electron chi connectivity index (χ3n) is 4.01. The maximum absolute atomic E-state index is 5.79. The summed E-state index contributed by atoms with van der Waals surface area (Å²) in [6.45, 7) is 10.3. The lowest BCUT2D eigenvalue weighted by atomic mass is 10.5. The van der Waals surface area contributed by atoms with Crippen molar-refractivity contribution in [3.63, 3.8) is 0 Å². The molecule has 0 bridgehead atoms. The van der Waals surface area contributed by atoms with E-state index in [2.05, 4.69) is 5.32 Å². The van der Waals surface area contributed by atoms with E-state index in [4.69, 9.17) is 37.4 Å². The van der Waals surface area contributed by atoms with Crippen LogP contribution in [0.2, 0.25) is 12.1 Å². The van der Waals surface area contributed by atoms with Crippen LogP contribution in [0.4, 0.5) is 0 Å². The highest BCUT2D eigenvalue weighted by Crippen LogP contribution is 2.40. The van der Waals surface area contributed by atoms with Crippen molar-refractivity contribution in [1.29, 1.82) is 0 Å². The third kappa shape index (κ3) is 18.8. The Hall–Kier alpha value is 1.47. The van der Waals surface area contributed by atoms with Crippen LogP contribution in [0.1, 0.15) is 33.6 Å². The monoisotopic (exact) mass is 571 g/mol. The molecular weight excluding hydrogens is 527 g/mol. The van der Waals surface area contributed by atoms with Gasteiger partial charge in [-0.1, -0.05) is 10.8 Å². The van der Waals surface area contributed by atoms with Crippen molar-refractivity contribution in [2.75, 3.05) is 66.5 Å². The highest BCUT2D eigenvalue weighted by molar-refractivity contribution is 9.25. The Balaban J connectivity index is 0. The summed E-state index contributed by atoms with van der Waals surface area (Å²) in [5.41, 5.74) is 5.35. The smallest absolute Gasteiger partial charge is 0.377 e. The lowest BCUT2D eigenvalue weighted by Gasteiger charge is -2.28. The average Bonchev–Trinajstić information content (AvgIpc) is 2.80. The number of nitrogens with one attached hydrogen (secondary N) is 1. The summed E-state index contributed by atoms with van der Waals surface area (Å²) in [4.78, 5) is 0. The Bertz CT molecular complexity index is 373. The molecule has 0 rings (SSSR count). The molecule has 0 radical (unpaired) electrons. The van der Waals surface area contributed by atoms with Crippen molar-refractivity contribution in [2.24, 2.45) is 10.9 Å². The van der Waals surface area contributed by atoms with Crippen LogP contribution in [0.5, 0.6) is 0 Å². The van der Waals surface area contributed by atoms with E-state index in [1.54, 1.807) is 41.0 Å². The summed E-state index contributed by atoms with van der Waals surface area (Å²) < 4.78 is 33.2. The SMILES string of the molecule is CCO[Si](CCCSSSSN)(OCC)OCC.CO[Si](CCCNCCN)(OC)OC. The Morgan fingerprint density at radius 3 is 1.72 bits per heavy atom. The Labute approximate surface area is 213 Å². The highest BCUT2D eigenvalue weighted by atomic mass is 33.7. The fourth-order valence-electron chi connectivity index (χ4n) is 2.63. The zero-order valence-electron chi connectivity index (χ0n) is 20.5. The van der Waals surface area contributed by atoms with Crippen LogP contribution >= 0.6 is 41.4 Å². The van der Waals surface area contributed by atoms with Gasteiger partial charge in [0.2, 0.25) is 0 Å². The van der Waals surface area contributed by atoms with Crippen molar-refractivity contribution in [1.82, 2.24) is 5.32 Å². The first-order valence-corrected chi connectivity index (χ1v) is 19.7. The standard InChI is InChI=1S/C9H23NO3S4Si.C8H22N2O3Si/c1-4-11-18(12-5-2,13-6-3)9-7-8-14-16-17-15-10;1-11-14(12-2,13-3)8-4-6-10-7-5-9/h4-10H2,1-3H3;10H,4-9H2,1-3H3. The number of nitrogens with two attached hydrogens (primary N) is 2. The molecule has 0 aliphatic heterocycles. The Morgan fingerprint density at radius 2 is 1.28 bits per heavy atom. The molecule has 0 fully saturated rings. The summed E-state index contributed by atoms with van der Waals surface area (Å²) in [5.74, 6) is 1.06. The maximum atomic E-state index is 5.79. The van der Waals surface area contributed by atoms with Crippen LogP contribution in [0, 0.1) is 0 Å². The average molecular weight is 572 g/mol. The van der Waals surface area contributed by atoms with Crippen molar-refractivity contribution >= 4 is 59.0 Å². The molecule has 0 spiro atoms. The molecule has 0 aromatic heterocycles. The van der Waals surface area contributed by atoms with Crippen molar-refractivity contribution < 1.29 is 26.6 Å². The van der Waals surface area contributed by atoms with E-state index in [1.807, 2.05) is 31.6 Å². The van der Waals surface area contributed by atoms with Gasteiger partial charge in [-0.25, -0.2) is 0 Å². The molecule has 0 saturated heterocycles. The van der Waals surface area contributed by atoms with Gasteiger partial charge in [0, 0.05) is 81.9 Å². The van der Waals surface area contributed by atoms with Crippen LogP contribution in [0.3, 0.4) is 0 Å². The first-order chi connectivity index (χ1) is 15.5. The van der Waals surface area contributed by atoms with Gasteiger partial charge in [0.05, 0.1) is 0 Å². The van der Waals surface area contributed by atoms with E-state index in [0.29, 0.717) is 26.4 Å². The second-order valence-electron chi connectivity index (χ2n) is 6.08. The first-order valence-electron chi connectivity index (χ1n) is 10.8. The maximum Gasteiger partial charge on any atom is 0.500 e. The van der Waals surface area contributed by atoms with Crippen molar-refractivity contribution in [2.45, 2.75) is 45.7 Å². The molecular formula is C17H45N3O6S4Si2. The lowest BCUT2D eigenvalue weighted by Crippen LogP contribution is -2.46. The largest absolute Gasteiger partial charge is 0.500 e. The zero-order chi connectivity index (χ0) is 24.6. The molecule has 196 valence electrons. The van der Waals surface area contributed by atoms with Gasteiger partial charge in [0.15, 0.2) is 0 Å². The van der Waals surface area contributed by atoms with Crippen LogP contribution in [0.15, 0.2) is 0 Å². The predicted molar refractivity (Wildman–Crippen MR) is 148 cm³/mol. The second-order valence-corrected chi connectivity index (χ2v) is 17.6. The van der Waals surface area contributed by atoms with Crippen molar-refractivity contribution in [3.8, 4) is 0 Å². The summed E-state index contributed by atoms with van der Waals surface area (Å²) in [6, 6.07) is 1.71. The van der Waals surface area contributed by atoms with E-state index < -0.39 is 17.6 Å². The van der Waals surface area contributed by atoms with E-state index in [0.717, 1.165) is 43.8 Å². The number of rotatable bonds is 22. The van der Waals surface area contributed by atoms with Gasteiger partial charge in [-0.2, -0.15) is 0 Å². The van der Waals surface area contributed by atoms with Gasteiger partial charge in [-0.05, 0) is 61.0 Å². The fourth-order valence-corrected chi connectivity index (χ4v) is 11.6. The molecule has 0 aliphatic carbocycles. The second kappa shape index (κ2) is 25.6. The molecule has 15 heteroatoms. The molecule has 0 amide bonds. The van der Waals surface area contributed by atoms with E-state index in [9.17, 15) is 0 Å². The molecule has 9 nitrogen and oxygen atoms in total. The quantitative estimate of drug-likeness (QED) is 0.0757. The van der Waals surface area contributed by atoms with Crippen molar-refractivity contribution in [3.05, 3.63) is 0 Å². The Morgan fingerprint density at radius 1 is 0.750 bits per heavy atom. The predicted octanol–water partition coefficient (Wildman–Crippen LogP) is 3.78. The van der Waals surface area contributed by atoms with Gasteiger partial charge >= 0.3 is 17.6 Å². The minimum Gasteiger partial charge on any atom is -0.377 e. The van der Waals surface area contributed by atoms with E-state index in [1.165, 1.54) is 11.0 Å². The van der Waals surface area contributed by atoms with Crippen LogP contribution < -0.4 is 16.2 Å². The summed E-state index contributed by atoms with van der Waals surface area (Å²) >= 11 is 0. The molecule has 0 aliphatic rings. The van der Waals surface area contributed by atoms with Gasteiger partial charge in [-0.15, -0.1) is 0 Å². The number of hydrogen-bond donors (Lipinski definition) is 3. The fraction of sp³-hybridized carbons (Fsp3) is 1.00. The molecule has 0 unspecified atom stereocenters. The molecule has 32 heavy (non-hydrogen) atoms.